The van der Waals surface area contributed by atoms with E-state index in [9.17, 15) is 50.0 Å². The van der Waals surface area contributed by atoms with E-state index < -0.39 is 75.2 Å². The van der Waals surface area contributed by atoms with E-state index in [0.29, 0.717) is 12.8 Å². The quantitative estimate of drug-likeness (QED) is 0.0205. The third-order valence-electron chi connectivity index (χ3n) is 14.0. The molecule has 1 saturated carbocycles. The van der Waals surface area contributed by atoms with Crippen molar-refractivity contribution in [1.29, 1.82) is 0 Å². The van der Waals surface area contributed by atoms with E-state index in [0.717, 1.165) is 44.9 Å². The largest absolute Gasteiger partial charge is 0.472 e. The van der Waals surface area contributed by atoms with Crippen LogP contribution in [0.5, 0.6) is 0 Å². The van der Waals surface area contributed by atoms with Gasteiger partial charge in [0.25, 0.3) is 0 Å². The Bertz CT molecular complexity index is 1150. The molecule has 1 aliphatic rings. The number of aliphatic hydroxyl groups is 7. The summed E-state index contributed by atoms with van der Waals surface area (Å²) in [6.07, 6.45) is 32.8. The zero-order valence-electron chi connectivity index (χ0n) is 42.8. The number of carbonyl (C=O) groups is 1. The first-order valence-electron chi connectivity index (χ1n) is 28.1. The van der Waals surface area contributed by atoms with Crippen LogP contribution in [0.1, 0.15) is 271 Å². The Morgan fingerprint density at radius 1 is 0.463 bits per heavy atom. The monoisotopic (exact) mass is 980 g/mol. The molecular formula is C53H106NO12P. The van der Waals surface area contributed by atoms with E-state index >= 15 is 0 Å². The van der Waals surface area contributed by atoms with Crippen LogP contribution in [0.2, 0.25) is 0 Å². The number of unbranched alkanes of at least 4 members (excludes halogenated alkanes) is 35. The lowest BCUT2D eigenvalue weighted by atomic mass is 9.85. The molecular weight excluding hydrogens is 874 g/mol. The second kappa shape index (κ2) is 42.9. The molecule has 13 nitrogen and oxygen atoms in total. The van der Waals surface area contributed by atoms with Crippen LogP contribution >= 0.6 is 7.82 Å². The summed E-state index contributed by atoms with van der Waals surface area (Å²) in [5, 5.41) is 75.0. The van der Waals surface area contributed by atoms with Gasteiger partial charge in [0.05, 0.1) is 31.3 Å². The number of aliphatic hydroxyl groups excluding tert-OH is 7. The lowest BCUT2D eigenvalue weighted by Gasteiger charge is -2.41. The van der Waals surface area contributed by atoms with Crippen molar-refractivity contribution in [3.8, 4) is 0 Å². The predicted molar refractivity (Wildman–Crippen MR) is 271 cm³/mol. The molecule has 0 aromatic carbocycles. The van der Waals surface area contributed by atoms with Gasteiger partial charge in [0.1, 0.15) is 36.6 Å². The number of nitrogens with one attached hydrogen (secondary N) is 1. The molecule has 400 valence electrons. The number of hydrogen-bond acceptors (Lipinski definition) is 11. The first kappa shape index (κ1) is 64.3. The summed E-state index contributed by atoms with van der Waals surface area (Å²) in [6.45, 7) is 3.84. The zero-order valence-corrected chi connectivity index (χ0v) is 43.7. The number of carbonyl (C=O) groups excluding carboxylic acids is 1. The van der Waals surface area contributed by atoms with Crippen LogP contribution < -0.4 is 5.32 Å². The first-order chi connectivity index (χ1) is 32.3. The highest BCUT2D eigenvalue weighted by Gasteiger charge is 2.51. The van der Waals surface area contributed by atoms with Gasteiger partial charge in [-0.2, -0.15) is 0 Å². The predicted octanol–water partition coefficient (Wildman–Crippen LogP) is 11.2. The Morgan fingerprint density at radius 2 is 0.746 bits per heavy atom. The maximum absolute atomic E-state index is 13.1. The van der Waals surface area contributed by atoms with Crippen molar-refractivity contribution in [1.82, 2.24) is 5.32 Å². The van der Waals surface area contributed by atoms with Gasteiger partial charge in [0.15, 0.2) is 0 Å². The van der Waals surface area contributed by atoms with Crippen molar-refractivity contribution < 1.29 is 59.0 Å². The van der Waals surface area contributed by atoms with Crippen LogP contribution in [-0.2, 0) is 18.4 Å². The first-order valence-corrected chi connectivity index (χ1v) is 29.6. The third kappa shape index (κ3) is 34.3. The maximum Gasteiger partial charge on any atom is 0.472 e. The molecule has 0 radical (unpaired) electrons. The summed E-state index contributed by atoms with van der Waals surface area (Å²) in [7, 11) is -5.12. The molecule has 8 atom stereocenters. The van der Waals surface area contributed by atoms with Gasteiger partial charge in [-0.05, 0) is 12.8 Å². The molecule has 0 bridgehead atoms. The Balaban J connectivity index is 2.40. The molecule has 1 aliphatic carbocycles. The Morgan fingerprint density at radius 3 is 1.07 bits per heavy atom. The van der Waals surface area contributed by atoms with Crippen LogP contribution in [0.15, 0.2) is 0 Å². The molecule has 0 aromatic rings. The van der Waals surface area contributed by atoms with Gasteiger partial charge in [-0.1, -0.05) is 251 Å². The van der Waals surface area contributed by atoms with Crippen LogP contribution in [-0.4, -0.2) is 108 Å². The van der Waals surface area contributed by atoms with Crippen molar-refractivity contribution in [3.05, 3.63) is 0 Å². The van der Waals surface area contributed by atoms with E-state index in [1.54, 1.807) is 0 Å². The van der Waals surface area contributed by atoms with Crippen LogP contribution in [0, 0.1) is 0 Å². The third-order valence-corrected chi connectivity index (χ3v) is 15.0. The molecule has 1 rings (SSSR count). The van der Waals surface area contributed by atoms with Gasteiger partial charge in [0.2, 0.25) is 5.91 Å². The van der Waals surface area contributed by atoms with E-state index in [1.807, 2.05) is 0 Å². The molecule has 8 unspecified atom stereocenters. The highest BCUT2D eigenvalue weighted by molar-refractivity contribution is 7.47. The Hall–Kier alpha value is -0.700. The van der Waals surface area contributed by atoms with Crippen LogP contribution in [0.4, 0.5) is 0 Å². The number of phosphoric acid groups is 1. The van der Waals surface area contributed by atoms with Crippen molar-refractivity contribution >= 4 is 13.7 Å². The zero-order chi connectivity index (χ0) is 49.4. The standard InChI is InChI=1S/C53H106NO12P/c1-3-5-7-9-11-13-15-17-19-21-22-23-24-25-27-29-31-33-35-37-39-41-46(56)45(43-65-67(63,64)66-53-51(61)49(59)48(58)50(60)52(53)62)54-47(57)42-44(55)40-38-36-34-32-30-28-26-20-18-16-14-12-10-8-6-4-2/h44-46,48-53,55-56,58-62H,3-43H2,1-2H3,(H,54,57)(H,63,64). The van der Waals surface area contributed by atoms with Gasteiger partial charge >= 0.3 is 7.82 Å². The molecule has 0 aliphatic heterocycles. The Labute approximate surface area is 409 Å². The summed E-state index contributed by atoms with van der Waals surface area (Å²) in [4.78, 5) is 23.6. The Kier molecular flexibility index (Phi) is 41.2. The molecule has 0 saturated heterocycles. The average molecular weight is 980 g/mol. The SMILES string of the molecule is CCCCCCCCCCCCCCCCCCCCCCCC(O)C(COP(=O)(O)OC1C(O)C(O)C(O)C(O)C1O)NC(=O)CC(O)CCCCCCCCCCCCCCCCCC. The fourth-order valence-corrected chi connectivity index (χ4v) is 10.4. The summed E-state index contributed by atoms with van der Waals surface area (Å²) >= 11 is 0. The van der Waals surface area contributed by atoms with E-state index in [-0.39, 0.29) is 12.8 Å². The van der Waals surface area contributed by atoms with Gasteiger partial charge in [-0.3, -0.25) is 13.8 Å². The molecule has 0 spiro atoms. The van der Waals surface area contributed by atoms with Crippen LogP contribution in [0.25, 0.3) is 0 Å². The second-order valence-corrected chi connectivity index (χ2v) is 21.7. The maximum atomic E-state index is 13.1. The highest BCUT2D eigenvalue weighted by atomic mass is 31.2. The molecule has 67 heavy (non-hydrogen) atoms. The minimum atomic E-state index is -5.12. The molecule has 0 aromatic heterocycles. The van der Waals surface area contributed by atoms with Crippen LogP contribution in [0.3, 0.4) is 0 Å². The second-order valence-electron chi connectivity index (χ2n) is 20.3. The smallest absolute Gasteiger partial charge is 0.393 e. The molecule has 1 fully saturated rings. The van der Waals surface area contributed by atoms with Gasteiger partial charge in [-0.25, -0.2) is 4.57 Å². The topological polar surface area (TPSA) is 226 Å². The van der Waals surface area contributed by atoms with E-state index in [1.165, 1.54) is 186 Å². The fraction of sp³-hybridized carbons (Fsp3) is 0.981. The van der Waals surface area contributed by atoms with Gasteiger partial charge in [0, 0.05) is 0 Å². The van der Waals surface area contributed by atoms with Gasteiger partial charge < -0.3 is 46.0 Å². The lowest BCUT2D eigenvalue weighted by Crippen LogP contribution is -2.64. The lowest BCUT2D eigenvalue weighted by molar-refractivity contribution is -0.220. The van der Waals surface area contributed by atoms with Crippen molar-refractivity contribution in [3.63, 3.8) is 0 Å². The van der Waals surface area contributed by atoms with E-state index in [4.69, 9.17) is 9.05 Å². The number of rotatable bonds is 48. The highest BCUT2D eigenvalue weighted by Crippen LogP contribution is 2.47. The number of amides is 1. The minimum absolute atomic E-state index is 0.215. The molecule has 14 heteroatoms. The molecule has 0 heterocycles. The average Bonchev–Trinajstić information content (AvgIpc) is 3.30. The van der Waals surface area contributed by atoms with Gasteiger partial charge in [-0.15, -0.1) is 0 Å². The molecule has 1 amide bonds. The normalized spacial score (nSPS) is 22.1. The fourth-order valence-electron chi connectivity index (χ4n) is 9.43. The molecule has 9 N–H and O–H groups in total. The summed E-state index contributed by atoms with van der Waals surface area (Å²) < 4.78 is 23.0. The van der Waals surface area contributed by atoms with Crippen molar-refractivity contribution in [2.75, 3.05) is 6.61 Å². The summed E-state index contributed by atoms with van der Waals surface area (Å²) in [5.74, 6) is -0.553. The van der Waals surface area contributed by atoms with E-state index in [2.05, 4.69) is 19.2 Å². The minimum Gasteiger partial charge on any atom is -0.393 e. The number of phosphoric ester groups is 1. The van der Waals surface area contributed by atoms with Crippen molar-refractivity contribution in [2.45, 2.75) is 326 Å². The summed E-state index contributed by atoms with van der Waals surface area (Å²) in [5.41, 5.74) is 0. The number of hydrogen-bond donors (Lipinski definition) is 9. The summed E-state index contributed by atoms with van der Waals surface area (Å²) in [6, 6.07) is -1.15. The van der Waals surface area contributed by atoms with Crippen molar-refractivity contribution in [2.24, 2.45) is 0 Å².